The lowest BCUT2D eigenvalue weighted by Gasteiger charge is -2.07. The summed E-state index contributed by atoms with van der Waals surface area (Å²) in [5.74, 6) is -0.0415. The number of rotatable bonds is 5. The topological polar surface area (TPSA) is 73.3 Å². The first-order valence-corrected chi connectivity index (χ1v) is 6.58. The van der Waals surface area contributed by atoms with Gasteiger partial charge in [-0.1, -0.05) is 6.07 Å². The van der Waals surface area contributed by atoms with E-state index in [1.165, 1.54) is 26.5 Å². The van der Waals surface area contributed by atoms with Crippen molar-refractivity contribution in [3.8, 4) is 11.9 Å². The Kier molecular flexibility index (Phi) is 4.67. The van der Waals surface area contributed by atoms with Gasteiger partial charge >= 0.3 is 6.01 Å². The zero-order valence-corrected chi connectivity index (χ0v) is 11.8. The lowest BCUT2D eigenvalue weighted by Crippen LogP contribution is -2.10. The van der Waals surface area contributed by atoms with Crippen LogP contribution < -0.4 is 14.8 Å². The van der Waals surface area contributed by atoms with Crippen molar-refractivity contribution < 1.29 is 14.3 Å². The van der Waals surface area contributed by atoms with E-state index in [0.29, 0.717) is 5.69 Å². The fourth-order valence-electron chi connectivity index (χ4n) is 1.41. The molecule has 0 aliphatic rings. The predicted octanol–water partition coefficient (Wildman–Crippen LogP) is 2.21. The molecule has 0 bridgehead atoms. The van der Waals surface area contributed by atoms with Crippen molar-refractivity contribution in [3.63, 3.8) is 0 Å². The molecule has 0 aliphatic carbocycles. The summed E-state index contributed by atoms with van der Waals surface area (Å²) in [4.78, 5) is 20.7. The molecule has 0 radical (unpaired) electrons. The van der Waals surface area contributed by atoms with E-state index in [1.54, 1.807) is 17.4 Å². The molecule has 1 N–H and O–H groups in total. The zero-order chi connectivity index (χ0) is 14.4. The third kappa shape index (κ3) is 3.55. The molecule has 0 spiro atoms. The summed E-state index contributed by atoms with van der Waals surface area (Å²) >= 11 is 1.55. The van der Waals surface area contributed by atoms with Gasteiger partial charge in [-0.15, -0.1) is 11.3 Å². The van der Waals surface area contributed by atoms with Gasteiger partial charge in [-0.2, -0.15) is 4.98 Å². The lowest BCUT2D eigenvalue weighted by atomic mass is 10.4. The Morgan fingerprint density at radius 3 is 2.90 bits per heavy atom. The average molecular weight is 291 g/mol. The largest absolute Gasteiger partial charge is 0.479 e. The molecule has 2 heterocycles. The molecule has 0 saturated carbocycles. The van der Waals surface area contributed by atoms with E-state index in [-0.39, 0.29) is 17.8 Å². The van der Waals surface area contributed by atoms with Gasteiger partial charge in [0, 0.05) is 11.0 Å². The predicted molar refractivity (Wildman–Crippen MR) is 77.1 cm³/mol. The van der Waals surface area contributed by atoms with Crippen LogP contribution in [0.3, 0.4) is 0 Å². The Bertz CT molecular complexity index is 611. The minimum atomic E-state index is -0.287. The van der Waals surface area contributed by atoms with Crippen molar-refractivity contribution in [1.82, 2.24) is 9.97 Å². The van der Waals surface area contributed by atoms with E-state index in [9.17, 15) is 4.79 Å². The van der Waals surface area contributed by atoms with Crippen LogP contribution in [0.2, 0.25) is 0 Å². The van der Waals surface area contributed by atoms with Gasteiger partial charge < -0.3 is 14.8 Å². The van der Waals surface area contributed by atoms with Gasteiger partial charge in [0.15, 0.2) is 0 Å². The maximum Gasteiger partial charge on any atom is 0.319 e. The number of anilines is 1. The van der Waals surface area contributed by atoms with E-state index in [4.69, 9.17) is 9.47 Å². The summed E-state index contributed by atoms with van der Waals surface area (Å²) < 4.78 is 9.96. The highest BCUT2D eigenvalue weighted by Crippen LogP contribution is 2.22. The first kappa shape index (κ1) is 14.0. The Hall–Kier alpha value is -2.41. The number of hydrogen-bond donors (Lipinski definition) is 1. The molecule has 1 amide bonds. The van der Waals surface area contributed by atoms with E-state index in [1.807, 2.05) is 17.5 Å². The van der Waals surface area contributed by atoms with Crippen LogP contribution in [0.25, 0.3) is 6.08 Å². The summed E-state index contributed by atoms with van der Waals surface area (Å²) in [6, 6.07) is 4.02. The minimum Gasteiger partial charge on any atom is -0.479 e. The third-order valence-electron chi connectivity index (χ3n) is 2.31. The normalized spacial score (nSPS) is 10.5. The van der Waals surface area contributed by atoms with Crippen LogP contribution in [-0.4, -0.2) is 30.1 Å². The molecule has 0 aromatic carbocycles. The third-order valence-corrected chi connectivity index (χ3v) is 3.15. The second kappa shape index (κ2) is 6.67. The molecule has 2 aromatic rings. The van der Waals surface area contributed by atoms with Crippen LogP contribution in [0.5, 0.6) is 11.9 Å². The van der Waals surface area contributed by atoms with Crippen molar-refractivity contribution in [2.24, 2.45) is 0 Å². The van der Waals surface area contributed by atoms with Crippen LogP contribution in [0, 0.1) is 0 Å². The Labute approximate surface area is 120 Å². The minimum absolute atomic E-state index is 0.175. The highest BCUT2D eigenvalue weighted by atomic mass is 32.1. The van der Waals surface area contributed by atoms with Crippen molar-refractivity contribution in [1.29, 1.82) is 0 Å². The monoisotopic (exact) mass is 291 g/mol. The van der Waals surface area contributed by atoms with Crippen molar-refractivity contribution in [2.45, 2.75) is 0 Å². The molecular formula is C13H13N3O3S. The molecule has 2 rings (SSSR count). The van der Waals surface area contributed by atoms with Crippen LogP contribution in [0.15, 0.2) is 29.8 Å². The number of amides is 1. The number of hydrogen-bond acceptors (Lipinski definition) is 6. The number of carbonyl (C=O) groups excluding carboxylic acids is 1. The maximum atomic E-state index is 11.8. The van der Waals surface area contributed by atoms with Crippen molar-refractivity contribution >= 4 is 29.0 Å². The maximum absolute atomic E-state index is 11.8. The number of thiophene rings is 1. The molecule has 0 atom stereocenters. The molecular weight excluding hydrogens is 278 g/mol. The number of ether oxygens (including phenoxy) is 2. The number of nitrogens with zero attached hydrogens (tertiary/aromatic N) is 2. The van der Waals surface area contributed by atoms with Gasteiger partial charge in [-0.05, 0) is 17.5 Å². The number of methoxy groups -OCH3 is 2. The Morgan fingerprint density at radius 1 is 1.40 bits per heavy atom. The van der Waals surface area contributed by atoms with E-state index < -0.39 is 0 Å². The lowest BCUT2D eigenvalue weighted by molar-refractivity contribution is -0.111. The fourth-order valence-corrected chi connectivity index (χ4v) is 2.03. The Morgan fingerprint density at radius 2 is 2.25 bits per heavy atom. The summed E-state index contributed by atoms with van der Waals surface area (Å²) in [5, 5.41) is 4.59. The average Bonchev–Trinajstić information content (AvgIpc) is 2.99. The highest BCUT2D eigenvalue weighted by molar-refractivity contribution is 7.10. The molecule has 6 nitrogen and oxygen atoms in total. The van der Waals surface area contributed by atoms with Gasteiger partial charge in [-0.3, -0.25) is 4.79 Å². The summed E-state index contributed by atoms with van der Waals surface area (Å²) in [6.45, 7) is 0. The second-order valence-corrected chi connectivity index (χ2v) is 4.60. The van der Waals surface area contributed by atoms with Crippen LogP contribution in [-0.2, 0) is 4.79 Å². The van der Waals surface area contributed by atoms with Crippen LogP contribution in [0.4, 0.5) is 5.69 Å². The van der Waals surface area contributed by atoms with Crippen LogP contribution in [0.1, 0.15) is 4.88 Å². The van der Waals surface area contributed by atoms with E-state index in [0.717, 1.165) is 4.88 Å². The summed E-state index contributed by atoms with van der Waals surface area (Å²) in [5.41, 5.74) is 0.383. The molecule has 2 aromatic heterocycles. The van der Waals surface area contributed by atoms with Crippen molar-refractivity contribution in [2.75, 3.05) is 19.5 Å². The molecule has 0 saturated heterocycles. The molecule has 0 unspecified atom stereocenters. The second-order valence-electron chi connectivity index (χ2n) is 3.62. The molecule has 104 valence electrons. The standard InChI is InChI=1S/C13H13N3O3S/c1-18-12-10(8-14-13(16-12)19-2)15-11(17)6-5-9-4-3-7-20-9/h3-8H,1-2H3,(H,15,17)/b6-5+. The first-order valence-electron chi connectivity index (χ1n) is 5.70. The number of aromatic nitrogens is 2. The van der Waals surface area contributed by atoms with Gasteiger partial charge in [-0.25, -0.2) is 4.98 Å². The smallest absolute Gasteiger partial charge is 0.319 e. The van der Waals surface area contributed by atoms with Gasteiger partial charge in [0.05, 0.1) is 20.4 Å². The summed E-state index contributed by atoms with van der Waals surface area (Å²) in [7, 11) is 2.91. The molecule has 0 aliphatic heterocycles. The number of nitrogens with one attached hydrogen (secondary N) is 1. The van der Waals surface area contributed by atoms with Gasteiger partial charge in [0.1, 0.15) is 5.69 Å². The van der Waals surface area contributed by atoms with E-state index >= 15 is 0 Å². The van der Waals surface area contributed by atoms with Crippen molar-refractivity contribution in [3.05, 3.63) is 34.7 Å². The van der Waals surface area contributed by atoms with Crippen LogP contribution >= 0.6 is 11.3 Å². The summed E-state index contributed by atoms with van der Waals surface area (Å²) in [6.07, 6.45) is 4.61. The molecule has 7 heteroatoms. The quantitative estimate of drug-likeness (QED) is 0.855. The van der Waals surface area contributed by atoms with E-state index in [2.05, 4.69) is 15.3 Å². The molecule has 0 fully saturated rings. The van der Waals surface area contributed by atoms with Gasteiger partial charge in [0.2, 0.25) is 11.8 Å². The Balaban J connectivity index is 2.07. The molecule has 20 heavy (non-hydrogen) atoms. The SMILES string of the molecule is COc1ncc(NC(=O)/C=C/c2cccs2)c(OC)n1. The first-order chi connectivity index (χ1) is 9.72. The zero-order valence-electron chi connectivity index (χ0n) is 11.0. The van der Waals surface area contributed by atoms with Gasteiger partial charge in [0.25, 0.3) is 0 Å². The highest BCUT2D eigenvalue weighted by Gasteiger charge is 2.09. The number of carbonyl (C=O) groups is 1. The fraction of sp³-hybridized carbons (Fsp3) is 0.154.